The van der Waals surface area contributed by atoms with Crippen LogP contribution >= 0.6 is 0 Å². The highest BCUT2D eigenvalue weighted by atomic mass is 15.2. The molecule has 0 aliphatic carbocycles. The standard InChI is InChI=1S/C45H26N4/c1-3-14-28(15-4-1)47(29-16-5-2-6-17-29)38-24-12-21-33-32-20-11-22-34-41-39(48(42(32)34)43(33)38)26-36-40-30-18-8-7-13-27(30)25-35-31-19-9-10-23-37(31)49(44(35)40)45(36)46-41/h1-26H. The molecular formula is C45H26N4. The average Bonchev–Trinajstić information content (AvgIpc) is 3.88. The van der Waals surface area contributed by atoms with Crippen LogP contribution in [-0.4, -0.2) is 13.8 Å². The van der Waals surface area contributed by atoms with Gasteiger partial charge in [0.25, 0.3) is 0 Å². The Bertz CT molecular complexity index is 3220. The topological polar surface area (TPSA) is 25.0 Å². The van der Waals surface area contributed by atoms with Gasteiger partial charge >= 0.3 is 0 Å². The molecule has 12 aromatic rings. The molecule has 0 atom stereocenters. The molecule has 7 aromatic carbocycles. The molecule has 226 valence electrons. The van der Waals surface area contributed by atoms with Gasteiger partial charge in [0.1, 0.15) is 5.65 Å². The lowest BCUT2D eigenvalue weighted by Gasteiger charge is -2.26. The molecule has 0 spiro atoms. The molecule has 0 saturated carbocycles. The van der Waals surface area contributed by atoms with E-state index in [0.717, 1.165) is 33.7 Å². The second-order valence-electron chi connectivity index (χ2n) is 13.2. The number of nitrogens with zero attached hydrogens (tertiary/aromatic N) is 4. The average molecular weight is 623 g/mol. The monoisotopic (exact) mass is 622 g/mol. The van der Waals surface area contributed by atoms with Crippen LogP contribution in [0.15, 0.2) is 158 Å². The summed E-state index contributed by atoms with van der Waals surface area (Å²) >= 11 is 0. The van der Waals surface area contributed by atoms with Crippen LogP contribution in [0.3, 0.4) is 0 Å². The van der Waals surface area contributed by atoms with Crippen molar-refractivity contribution in [1.29, 1.82) is 0 Å². The summed E-state index contributed by atoms with van der Waals surface area (Å²) in [5.74, 6) is 0. The second kappa shape index (κ2) is 9.03. The van der Waals surface area contributed by atoms with Crippen LogP contribution in [0.25, 0.3) is 87.2 Å². The van der Waals surface area contributed by atoms with Gasteiger partial charge in [0.2, 0.25) is 0 Å². The SMILES string of the molecule is c1ccc(N(c2ccccc2)c2cccc3c4cccc5c6nc7c(cc6n(c23)c45)c2c3ccccc3cc3c4ccccc4n7c32)cc1. The number of anilines is 3. The van der Waals surface area contributed by atoms with Crippen LogP contribution in [0.1, 0.15) is 0 Å². The van der Waals surface area contributed by atoms with Gasteiger partial charge in [0, 0.05) is 49.1 Å². The van der Waals surface area contributed by atoms with Gasteiger partial charge < -0.3 is 9.30 Å². The number of pyridine rings is 1. The molecule has 0 aliphatic rings. The molecule has 49 heavy (non-hydrogen) atoms. The Labute approximate surface area is 279 Å². The highest BCUT2D eigenvalue weighted by molar-refractivity contribution is 6.33. The molecule has 5 heterocycles. The summed E-state index contributed by atoms with van der Waals surface area (Å²) < 4.78 is 4.90. The van der Waals surface area contributed by atoms with E-state index in [4.69, 9.17) is 4.98 Å². The molecule has 0 bridgehead atoms. The van der Waals surface area contributed by atoms with Crippen molar-refractivity contribution in [2.24, 2.45) is 0 Å². The maximum Gasteiger partial charge on any atom is 0.146 e. The van der Waals surface area contributed by atoms with Crippen molar-refractivity contribution >= 4 is 104 Å². The van der Waals surface area contributed by atoms with Crippen LogP contribution < -0.4 is 4.90 Å². The zero-order valence-electron chi connectivity index (χ0n) is 26.3. The first-order chi connectivity index (χ1) is 24.3. The molecule has 0 saturated heterocycles. The second-order valence-corrected chi connectivity index (χ2v) is 13.2. The maximum atomic E-state index is 5.64. The Morgan fingerprint density at radius 3 is 1.84 bits per heavy atom. The summed E-state index contributed by atoms with van der Waals surface area (Å²) in [5, 5.41) is 11.2. The van der Waals surface area contributed by atoms with E-state index in [1.165, 1.54) is 70.5 Å². The quantitative estimate of drug-likeness (QED) is 0.196. The normalized spacial score (nSPS) is 12.5. The fraction of sp³-hybridized carbons (Fsp3) is 0. The molecule has 0 aliphatic heterocycles. The van der Waals surface area contributed by atoms with Gasteiger partial charge in [0.05, 0.1) is 38.8 Å². The summed E-state index contributed by atoms with van der Waals surface area (Å²) in [4.78, 5) is 8.03. The number of benzene rings is 7. The summed E-state index contributed by atoms with van der Waals surface area (Å²) in [5.41, 5.74) is 11.4. The maximum absolute atomic E-state index is 5.64. The summed E-state index contributed by atoms with van der Waals surface area (Å²) in [6.07, 6.45) is 0. The number of fused-ring (bicyclic) bond motifs is 14. The zero-order valence-corrected chi connectivity index (χ0v) is 26.3. The summed E-state index contributed by atoms with van der Waals surface area (Å²) in [7, 11) is 0. The van der Waals surface area contributed by atoms with Crippen molar-refractivity contribution in [2.45, 2.75) is 0 Å². The van der Waals surface area contributed by atoms with Gasteiger partial charge in [-0.2, -0.15) is 0 Å². The molecule has 0 N–H and O–H groups in total. The van der Waals surface area contributed by atoms with E-state index in [1.807, 2.05) is 0 Å². The van der Waals surface area contributed by atoms with Crippen molar-refractivity contribution in [2.75, 3.05) is 4.90 Å². The summed E-state index contributed by atoms with van der Waals surface area (Å²) in [6, 6.07) is 57.2. The molecule has 5 aromatic heterocycles. The highest BCUT2D eigenvalue weighted by Gasteiger charge is 2.26. The molecular weight excluding hydrogens is 597 g/mol. The minimum Gasteiger partial charge on any atom is -0.308 e. The number of rotatable bonds is 3. The number of hydrogen-bond acceptors (Lipinski definition) is 2. The van der Waals surface area contributed by atoms with Crippen molar-refractivity contribution in [3.63, 3.8) is 0 Å². The zero-order chi connectivity index (χ0) is 31.8. The minimum absolute atomic E-state index is 1.01. The lowest BCUT2D eigenvalue weighted by Crippen LogP contribution is -2.10. The molecule has 12 rings (SSSR count). The fourth-order valence-electron chi connectivity index (χ4n) is 8.79. The van der Waals surface area contributed by atoms with Gasteiger partial charge in [0.15, 0.2) is 0 Å². The van der Waals surface area contributed by atoms with E-state index in [0.29, 0.717) is 0 Å². The molecule has 0 unspecified atom stereocenters. The smallest absolute Gasteiger partial charge is 0.146 e. The van der Waals surface area contributed by atoms with Crippen molar-refractivity contribution in [3.8, 4) is 0 Å². The Kier molecular flexibility index (Phi) is 4.69. The number of para-hydroxylation sites is 5. The molecule has 0 amide bonds. The van der Waals surface area contributed by atoms with E-state index < -0.39 is 0 Å². The number of hydrogen-bond donors (Lipinski definition) is 0. The Balaban J connectivity index is 1.30. The number of aromatic nitrogens is 3. The lowest BCUT2D eigenvalue weighted by atomic mass is 10.0. The van der Waals surface area contributed by atoms with Crippen molar-refractivity contribution in [1.82, 2.24) is 13.8 Å². The largest absolute Gasteiger partial charge is 0.308 e. The van der Waals surface area contributed by atoms with Crippen molar-refractivity contribution in [3.05, 3.63) is 158 Å². The Morgan fingerprint density at radius 1 is 0.408 bits per heavy atom. The summed E-state index contributed by atoms with van der Waals surface area (Å²) in [6.45, 7) is 0. The predicted octanol–water partition coefficient (Wildman–Crippen LogP) is 12.0. The van der Waals surface area contributed by atoms with Gasteiger partial charge in [-0.15, -0.1) is 0 Å². The lowest BCUT2D eigenvalue weighted by molar-refractivity contribution is 1.26. The van der Waals surface area contributed by atoms with E-state index in [-0.39, 0.29) is 0 Å². The van der Waals surface area contributed by atoms with Gasteiger partial charge in [-0.05, 0) is 59.3 Å². The van der Waals surface area contributed by atoms with Crippen LogP contribution in [0.4, 0.5) is 17.1 Å². The first-order valence-electron chi connectivity index (χ1n) is 16.8. The predicted molar refractivity (Wildman–Crippen MR) is 206 cm³/mol. The first-order valence-corrected chi connectivity index (χ1v) is 16.8. The third-order valence-corrected chi connectivity index (χ3v) is 10.7. The first kappa shape index (κ1) is 25.4. The van der Waals surface area contributed by atoms with E-state index in [9.17, 15) is 0 Å². The molecule has 4 nitrogen and oxygen atoms in total. The van der Waals surface area contributed by atoms with Crippen LogP contribution in [0.2, 0.25) is 0 Å². The van der Waals surface area contributed by atoms with Crippen molar-refractivity contribution < 1.29 is 0 Å². The van der Waals surface area contributed by atoms with E-state index >= 15 is 0 Å². The van der Waals surface area contributed by atoms with Crippen LogP contribution in [0.5, 0.6) is 0 Å². The molecule has 4 heteroatoms. The Hall–Kier alpha value is -6.65. The van der Waals surface area contributed by atoms with E-state index in [2.05, 4.69) is 171 Å². The van der Waals surface area contributed by atoms with Gasteiger partial charge in [-0.1, -0.05) is 109 Å². The van der Waals surface area contributed by atoms with Gasteiger partial charge in [-0.3, -0.25) is 4.40 Å². The third kappa shape index (κ3) is 3.12. The third-order valence-electron chi connectivity index (χ3n) is 10.7. The van der Waals surface area contributed by atoms with Crippen LogP contribution in [0, 0.1) is 0 Å². The van der Waals surface area contributed by atoms with Crippen LogP contribution in [-0.2, 0) is 0 Å². The fourth-order valence-corrected chi connectivity index (χ4v) is 8.79. The molecule has 0 fully saturated rings. The molecule has 0 radical (unpaired) electrons. The highest BCUT2D eigenvalue weighted by Crippen LogP contribution is 2.48. The van der Waals surface area contributed by atoms with E-state index in [1.54, 1.807) is 0 Å². The van der Waals surface area contributed by atoms with Gasteiger partial charge in [-0.25, -0.2) is 4.98 Å². The minimum atomic E-state index is 1.01. The Morgan fingerprint density at radius 2 is 1.04 bits per heavy atom.